The van der Waals surface area contributed by atoms with Gasteiger partial charge in [0.15, 0.2) is 5.78 Å². The lowest BCUT2D eigenvalue weighted by atomic mass is 9.96. The van der Waals surface area contributed by atoms with E-state index in [1.54, 1.807) is 6.08 Å². The number of carbonyl (C=O) groups excluding carboxylic acids is 1. The van der Waals surface area contributed by atoms with Gasteiger partial charge in [0.1, 0.15) is 29.8 Å². The van der Waals surface area contributed by atoms with E-state index in [4.69, 9.17) is 0 Å². The third kappa shape index (κ3) is 2.58. The summed E-state index contributed by atoms with van der Waals surface area (Å²) in [5.74, 6) is -0.370. The first-order valence-electron chi connectivity index (χ1n) is 7.39. The molecule has 0 bridgehead atoms. The van der Waals surface area contributed by atoms with Crippen molar-refractivity contribution in [3.05, 3.63) is 67.4 Å². The van der Waals surface area contributed by atoms with Crippen LogP contribution in [0.1, 0.15) is 37.5 Å². The highest BCUT2D eigenvalue weighted by Crippen LogP contribution is 2.41. The molecular weight excluding hydrogens is 344 g/mol. The summed E-state index contributed by atoms with van der Waals surface area (Å²) in [5.41, 5.74) is 2.00. The van der Waals surface area contributed by atoms with Gasteiger partial charge in [0, 0.05) is 21.6 Å². The lowest BCUT2D eigenvalue weighted by Crippen LogP contribution is -1.97. The summed E-state index contributed by atoms with van der Waals surface area (Å²) in [6.07, 6.45) is 1.64. The third-order valence-corrected chi connectivity index (χ3v) is 4.94. The lowest BCUT2D eigenvalue weighted by Gasteiger charge is -2.03. The SMILES string of the molecule is Cc1csc(/C=C2\C(=O)c3cc(C#N)c(C#N)cc3C2=C(C#N)C#N)c1. The molecule has 6 heteroatoms. The number of hydrogen-bond acceptors (Lipinski definition) is 6. The van der Waals surface area contributed by atoms with Gasteiger partial charge < -0.3 is 0 Å². The topological polar surface area (TPSA) is 112 Å². The minimum atomic E-state index is -0.370. The van der Waals surface area contributed by atoms with Gasteiger partial charge in [0.25, 0.3) is 0 Å². The highest BCUT2D eigenvalue weighted by Gasteiger charge is 2.33. The van der Waals surface area contributed by atoms with Gasteiger partial charge in [-0.1, -0.05) is 0 Å². The second-order valence-electron chi connectivity index (χ2n) is 5.55. The maximum absolute atomic E-state index is 12.9. The summed E-state index contributed by atoms with van der Waals surface area (Å²) in [5, 5.41) is 39.0. The van der Waals surface area contributed by atoms with Gasteiger partial charge in [-0.05, 0) is 47.7 Å². The molecule has 0 spiro atoms. The van der Waals surface area contributed by atoms with E-state index >= 15 is 0 Å². The second-order valence-corrected chi connectivity index (χ2v) is 6.50. The zero-order chi connectivity index (χ0) is 18.8. The number of aryl methyl sites for hydroxylation is 1. The fourth-order valence-corrected chi connectivity index (χ4v) is 3.63. The van der Waals surface area contributed by atoms with Crippen LogP contribution in [0.25, 0.3) is 11.6 Å². The normalized spacial score (nSPS) is 13.5. The number of Topliss-reactive ketones (excluding diaryl/α,β-unsaturated/α-hetero) is 1. The molecule has 26 heavy (non-hydrogen) atoms. The number of rotatable bonds is 1. The maximum atomic E-state index is 12.9. The van der Waals surface area contributed by atoms with E-state index in [-0.39, 0.29) is 39.2 Å². The lowest BCUT2D eigenvalue weighted by molar-refractivity contribution is 0.104. The molecular formula is C20H8N4OS. The maximum Gasteiger partial charge on any atom is 0.194 e. The van der Waals surface area contributed by atoms with Crippen molar-refractivity contribution in [2.75, 3.05) is 0 Å². The molecule has 1 aliphatic carbocycles. The van der Waals surface area contributed by atoms with Gasteiger partial charge in [-0.3, -0.25) is 4.79 Å². The number of fused-ring (bicyclic) bond motifs is 1. The minimum Gasteiger partial charge on any atom is -0.289 e. The van der Waals surface area contributed by atoms with Crippen molar-refractivity contribution >= 4 is 28.8 Å². The number of thiophene rings is 1. The van der Waals surface area contributed by atoms with Crippen LogP contribution in [0.3, 0.4) is 0 Å². The summed E-state index contributed by atoms with van der Waals surface area (Å²) in [7, 11) is 0. The van der Waals surface area contributed by atoms with Gasteiger partial charge in [0.2, 0.25) is 0 Å². The Labute approximate surface area is 153 Å². The van der Waals surface area contributed by atoms with Crippen LogP contribution < -0.4 is 0 Å². The van der Waals surface area contributed by atoms with E-state index in [0.29, 0.717) is 5.56 Å². The number of ketones is 1. The van der Waals surface area contributed by atoms with Gasteiger partial charge in [-0.15, -0.1) is 11.3 Å². The van der Waals surface area contributed by atoms with E-state index in [9.17, 15) is 25.8 Å². The average Bonchev–Trinajstić information content (AvgIpc) is 3.18. The zero-order valence-corrected chi connectivity index (χ0v) is 14.3. The van der Waals surface area contributed by atoms with Crippen molar-refractivity contribution in [2.24, 2.45) is 0 Å². The minimum absolute atomic E-state index is 0.0858. The monoisotopic (exact) mass is 352 g/mol. The second kappa shape index (κ2) is 6.50. The van der Waals surface area contributed by atoms with Crippen LogP contribution >= 0.6 is 11.3 Å². The molecule has 0 amide bonds. The first kappa shape index (κ1) is 16.9. The third-order valence-electron chi connectivity index (χ3n) is 3.94. The largest absolute Gasteiger partial charge is 0.289 e. The molecule has 1 aromatic carbocycles. The molecule has 1 heterocycles. The molecule has 0 radical (unpaired) electrons. The van der Waals surface area contributed by atoms with Crippen molar-refractivity contribution in [1.29, 1.82) is 21.0 Å². The van der Waals surface area contributed by atoms with Crippen LogP contribution in [-0.4, -0.2) is 5.78 Å². The molecule has 5 nitrogen and oxygen atoms in total. The molecule has 0 N–H and O–H groups in total. The van der Waals surface area contributed by atoms with Crippen LogP contribution in [0.2, 0.25) is 0 Å². The van der Waals surface area contributed by atoms with Crippen LogP contribution in [-0.2, 0) is 0 Å². The number of hydrogen-bond donors (Lipinski definition) is 0. The van der Waals surface area contributed by atoms with Crippen LogP contribution in [0.5, 0.6) is 0 Å². The van der Waals surface area contributed by atoms with E-state index in [1.165, 1.54) is 23.5 Å². The van der Waals surface area contributed by atoms with E-state index in [1.807, 2.05) is 42.6 Å². The Hall–Kier alpha value is -3.97. The molecule has 0 saturated heterocycles. The van der Waals surface area contributed by atoms with Crippen molar-refractivity contribution in [1.82, 2.24) is 0 Å². The fourth-order valence-electron chi connectivity index (χ4n) is 2.80. The molecule has 1 aliphatic rings. The summed E-state index contributed by atoms with van der Waals surface area (Å²) >= 11 is 1.44. The Morgan fingerprint density at radius 3 is 2.12 bits per heavy atom. The van der Waals surface area contributed by atoms with Crippen molar-refractivity contribution < 1.29 is 4.79 Å². The average molecular weight is 352 g/mol. The van der Waals surface area contributed by atoms with E-state index in [0.717, 1.165) is 10.4 Å². The molecule has 0 fully saturated rings. The number of nitriles is 4. The molecule has 0 atom stereocenters. The standard InChI is InChI=1S/C20H8N4OS/c1-11-2-15(26-10-11)5-18-19(14(8-23)9-24)16-3-12(6-21)13(7-22)4-17(16)20(18)25/h2-5,10H,1H3/b18-5-. The first-order chi connectivity index (χ1) is 12.5. The molecule has 0 aliphatic heterocycles. The molecule has 0 unspecified atom stereocenters. The van der Waals surface area contributed by atoms with Crippen LogP contribution in [0.15, 0.2) is 34.7 Å². The zero-order valence-electron chi connectivity index (χ0n) is 13.5. The van der Waals surface area contributed by atoms with E-state index < -0.39 is 0 Å². The predicted molar refractivity (Wildman–Crippen MR) is 95.4 cm³/mol. The summed E-state index contributed by atoms with van der Waals surface area (Å²) in [6.45, 7) is 1.93. The van der Waals surface area contributed by atoms with Crippen molar-refractivity contribution in [3.8, 4) is 24.3 Å². The van der Waals surface area contributed by atoms with Crippen LogP contribution in [0, 0.1) is 52.2 Å². The highest BCUT2D eigenvalue weighted by molar-refractivity contribution is 7.11. The number of carbonyl (C=O) groups is 1. The molecule has 0 saturated carbocycles. The Morgan fingerprint density at radius 1 is 1.00 bits per heavy atom. The summed E-state index contributed by atoms with van der Waals surface area (Å²) < 4.78 is 0. The van der Waals surface area contributed by atoms with Crippen molar-refractivity contribution in [2.45, 2.75) is 6.92 Å². The Morgan fingerprint density at radius 2 is 1.62 bits per heavy atom. The smallest absolute Gasteiger partial charge is 0.194 e. The van der Waals surface area contributed by atoms with Crippen LogP contribution in [0.4, 0.5) is 0 Å². The fraction of sp³-hybridized carbons (Fsp3) is 0.0500. The number of benzene rings is 1. The molecule has 1 aromatic heterocycles. The van der Waals surface area contributed by atoms with Gasteiger partial charge >= 0.3 is 0 Å². The van der Waals surface area contributed by atoms with Gasteiger partial charge in [0.05, 0.1) is 11.1 Å². The Bertz CT molecular complexity index is 1180. The Balaban J connectivity index is 2.37. The van der Waals surface area contributed by atoms with Gasteiger partial charge in [-0.2, -0.15) is 21.0 Å². The number of allylic oxidation sites excluding steroid dienone is 3. The predicted octanol–water partition coefficient (Wildman–Crippen LogP) is 3.88. The van der Waals surface area contributed by atoms with Gasteiger partial charge in [-0.25, -0.2) is 0 Å². The van der Waals surface area contributed by atoms with Crippen molar-refractivity contribution in [3.63, 3.8) is 0 Å². The molecule has 2 aromatic rings. The van der Waals surface area contributed by atoms with E-state index in [2.05, 4.69) is 0 Å². The highest BCUT2D eigenvalue weighted by atomic mass is 32.1. The summed E-state index contributed by atoms with van der Waals surface area (Å²) in [6, 6.07) is 12.1. The number of nitrogens with zero attached hydrogens (tertiary/aromatic N) is 4. The first-order valence-corrected chi connectivity index (χ1v) is 8.27. The summed E-state index contributed by atoms with van der Waals surface area (Å²) in [4.78, 5) is 13.7. The molecule has 120 valence electrons. The Kier molecular flexibility index (Phi) is 4.22. The quantitative estimate of drug-likeness (QED) is 0.571. The molecule has 3 rings (SSSR count).